The van der Waals surface area contributed by atoms with Crippen molar-refractivity contribution in [3.05, 3.63) is 35.7 Å². The molecule has 0 saturated heterocycles. The molecule has 20 heavy (non-hydrogen) atoms. The van der Waals surface area contributed by atoms with Crippen molar-refractivity contribution in [2.75, 3.05) is 12.0 Å². The fourth-order valence-corrected chi connectivity index (χ4v) is 2.33. The summed E-state index contributed by atoms with van der Waals surface area (Å²) in [4.78, 5) is 26.2. The van der Waals surface area contributed by atoms with Crippen molar-refractivity contribution in [1.29, 1.82) is 0 Å². The second-order valence-electron chi connectivity index (χ2n) is 4.29. The second-order valence-corrected chi connectivity index (χ2v) is 5.77. The number of amides is 1. The zero-order valence-corrected chi connectivity index (χ0v) is 12.0. The predicted octanol–water partition coefficient (Wildman–Crippen LogP) is 0.676. The fourth-order valence-electron chi connectivity index (χ4n) is 1.54. The highest BCUT2D eigenvalue weighted by Crippen LogP contribution is 2.05. The van der Waals surface area contributed by atoms with Gasteiger partial charge in [0.25, 0.3) is 5.91 Å². The number of carboxylic acids is 1. The third kappa shape index (κ3) is 5.75. The summed E-state index contributed by atoms with van der Waals surface area (Å²) in [6.45, 7) is 1.76. The summed E-state index contributed by atoms with van der Waals surface area (Å²) in [6, 6.07) is 1.32. The van der Waals surface area contributed by atoms with Gasteiger partial charge in [0.15, 0.2) is 0 Å². The molecular weight excluding hydrogens is 280 g/mol. The van der Waals surface area contributed by atoms with Crippen LogP contribution >= 0.6 is 0 Å². The van der Waals surface area contributed by atoms with Gasteiger partial charge in [0, 0.05) is 47.3 Å². The van der Waals surface area contributed by atoms with Crippen LogP contribution in [0.25, 0.3) is 6.08 Å². The number of aromatic nitrogens is 1. The van der Waals surface area contributed by atoms with Crippen LogP contribution in [0.2, 0.25) is 0 Å². The molecule has 1 rings (SSSR count). The van der Waals surface area contributed by atoms with Crippen molar-refractivity contribution in [2.24, 2.45) is 0 Å². The number of nitrogens with zero attached hydrogens (tertiary/aromatic N) is 1. The van der Waals surface area contributed by atoms with Crippen molar-refractivity contribution < 1.29 is 18.9 Å². The first kappa shape index (κ1) is 16.0. The van der Waals surface area contributed by atoms with Crippen molar-refractivity contribution in [1.82, 2.24) is 10.3 Å². The van der Waals surface area contributed by atoms with Crippen LogP contribution in [0.1, 0.15) is 22.8 Å². The molecule has 1 aromatic rings. The lowest BCUT2D eigenvalue weighted by atomic mass is 10.2. The third-order valence-electron chi connectivity index (χ3n) is 2.30. The highest BCUT2D eigenvalue weighted by Gasteiger charge is 2.11. The minimum absolute atomic E-state index is 0.216. The lowest BCUT2D eigenvalue weighted by molar-refractivity contribution is -0.131. The van der Waals surface area contributed by atoms with Crippen LogP contribution in [0, 0.1) is 0 Å². The van der Waals surface area contributed by atoms with E-state index in [4.69, 9.17) is 5.11 Å². The topological polar surface area (TPSA) is 96.4 Å². The number of carbonyl (C=O) groups excluding carboxylic acids is 1. The van der Waals surface area contributed by atoms with Crippen LogP contribution in [0.3, 0.4) is 0 Å². The lowest BCUT2D eigenvalue weighted by Gasteiger charge is -2.12. The molecule has 0 aliphatic rings. The average molecular weight is 296 g/mol. The van der Waals surface area contributed by atoms with Crippen LogP contribution in [0.5, 0.6) is 0 Å². The maximum Gasteiger partial charge on any atom is 0.328 e. The van der Waals surface area contributed by atoms with Crippen LogP contribution in [-0.2, 0) is 15.6 Å². The van der Waals surface area contributed by atoms with Gasteiger partial charge in [0.05, 0.1) is 5.56 Å². The largest absolute Gasteiger partial charge is 0.478 e. The van der Waals surface area contributed by atoms with Crippen LogP contribution in [0.15, 0.2) is 24.5 Å². The number of hydrogen-bond donors (Lipinski definition) is 2. The third-order valence-corrected chi connectivity index (χ3v) is 3.27. The van der Waals surface area contributed by atoms with Gasteiger partial charge in [-0.2, -0.15) is 0 Å². The molecule has 0 radical (unpaired) electrons. The van der Waals surface area contributed by atoms with E-state index in [1.165, 1.54) is 24.5 Å². The van der Waals surface area contributed by atoms with Gasteiger partial charge in [-0.15, -0.1) is 0 Å². The Bertz CT molecular complexity index is 557. The van der Waals surface area contributed by atoms with Gasteiger partial charge in [-0.05, 0) is 24.6 Å². The number of carbonyl (C=O) groups is 2. The molecule has 1 amide bonds. The van der Waals surface area contributed by atoms with Crippen molar-refractivity contribution >= 4 is 28.8 Å². The minimum Gasteiger partial charge on any atom is -0.478 e. The molecule has 2 N–H and O–H groups in total. The number of hydrogen-bond acceptors (Lipinski definition) is 4. The number of carboxylic acid groups (broad SMARTS) is 1. The molecule has 108 valence electrons. The highest BCUT2D eigenvalue weighted by molar-refractivity contribution is 7.84. The van der Waals surface area contributed by atoms with Crippen LogP contribution in [-0.4, -0.2) is 44.2 Å². The Morgan fingerprint density at radius 1 is 1.50 bits per heavy atom. The first-order valence-electron chi connectivity index (χ1n) is 5.85. The molecule has 0 aromatic carbocycles. The molecular formula is C13H16N2O4S. The normalized spacial score (nSPS) is 13.9. The Hall–Kier alpha value is -2.02. The monoisotopic (exact) mass is 296 g/mol. The maximum atomic E-state index is 11.9. The van der Waals surface area contributed by atoms with Crippen molar-refractivity contribution in [2.45, 2.75) is 13.0 Å². The van der Waals surface area contributed by atoms with Gasteiger partial charge in [0.2, 0.25) is 0 Å². The fraction of sp³-hybridized carbons (Fsp3) is 0.308. The molecule has 2 atom stereocenters. The summed E-state index contributed by atoms with van der Waals surface area (Å²) in [6.07, 6.45) is 6.75. The van der Waals surface area contributed by atoms with E-state index in [2.05, 4.69) is 10.3 Å². The van der Waals surface area contributed by atoms with E-state index < -0.39 is 16.8 Å². The Balaban J connectivity index is 2.76. The minimum atomic E-state index is -1.07. The van der Waals surface area contributed by atoms with Crippen LogP contribution in [0.4, 0.5) is 0 Å². The summed E-state index contributed by atoms with van der Waals surface area (Å²) in [7, 11) is -0.988. The predicted molar refractivity (Wildman–Crippen MR) is 76.8 cm³/mol. The van der Waals surface area contributed by atoms with Gasteiger partial charge in [-0.1, -0.05) is 0 Å². The second kappa shape index (κ2) is 7.54. The molecule has 2 unspecified atom stereocenters. The molecule has 0 saturated carbocycles. The van der Waals surface area contributed by atoms with E-state index in [0.717, 1.165) is 6.08 Å². The van der Waals surface area contributed by atoms with Gasteiger partial charge in [-0.25, -0.2) is 4.79 Å². The molecule has 0 fully saturated rings. The first-order chi connectivity index (χ1) is 9.38. The van der Waals surface area contributed by atoms with Crippen molar-refractivity contribution in [3.8, 4) is 0 Å². The van der Waals surface area contributed by atoms with E-state index in [1.54, 1.807) is 13.2 Å². The van der Waals surface area contributed by atoms with Gasteiger partial charge in [-0.3, -0.25) is 14.0 Å². The number of rotatable bonds is 6. The SMILES string of the molecule is CC(CS(C)=O)NC(=O)c1cncc(/C=C/C(=O)O)c1. The van der Waals surface area contributed by atoms with E-state index in [0.29, 0.717) is 16.9 Å². The van der Waals surface area contributed by atoms with Crippen molar-refractivity contribution in [3.63, 3.8) is 0 Å². The van der Waals surface area contributed by atoms with Crippen LogP contribution < -0.4 is 5.32 Å². The number of aliphatic carboxylic acids is 1. The molecule has 6 nitrogen and oxygen atoms in total. The molecule has 0 aliphatic carbocycles. The van der Waals surface area contributed by atoms with E-state index in [9.17, 15) is 13.8 Å². The number of nitrogens with one attached hydrogen (secondary N) is 1. The standard InChI is InChI=1S/C13H16N2O4S/c1-9(8-20(2)19)15-13(18)11-5-10(6-14-7-11)3-4-12(16)17/h3-7,9H,8H2,1-2H3,(H,15,18)(H,16,17)/b4-3+. The summed E-state index contributed by atoms with van der Waals surface area (Å²) < 4.78 is 11.1. The highest BCUT2D eigenvalue weighted by atomic mass is 32.2. The molecule has 0 aliphatic heterocycles. The Labute approximate surface area is 119 Å². The average Bonchev–Trinajstić information content (AvgIpc) is 2.35. The summed E-state index contributed by atoms with van der Waals surface area (Å²) in [5.74, 6) is -1.03. The lowest BCUT2D eigenvalue weighted by Crippen LogP contribution is -2.36. The smallest absolute Gasteiger partial charge is 0.328 e. The molecule has 1 heterocycles. The zero-order chi connectivity index (χ0) is 15.1. The number of pyridine rings is 1. The van der Waals surface area contributed by atoms with Gasteiger partial charge >= 0.3 is 5.97 Å². The molecule has 0 spiro atoms. The zero-order valence-electron chi connectivity index (χ0n) is 11.2. The quantitative estimate of drug-likeness (QED) is 0.752. The molecule has 7 heteroatoms. The summed E-state index contributed by atoms with van der Waals surface area (Å²) in [5.41, 5.74) is 0.845. The Morgan fingerprint density at radius 3 is 2.80 bits per heavy atom. The van der Waals surface area contributed by atoms with E-state index in [1.807, 2.05) is 0 Å². The molecule has 1 aromatic heterocycles. The van der Waals surface area contributed by atoms with E-state index in [-0.39, 0.29) is 11.9 Å². The molecule has 0 bridgehead atoms. The maximum absolute atomic E-state index is 11.9. The Kier molecular flexibility index (Phi) is 6.05. The first-order valence-corrected chi connectivity index (χ1v) is 7.58. The summed E-state index contributed by atoms with van der Waals surface area (Å²) >= 11 is 0. The van der Waals surface area contributed by atoms with Gasteiger partial charge in [0.1, 0.15) is 0 Å². The van der Waals surface area contributed by atoms with E-state index >= 15 is 0 Å². The Morgan fingerprint density at radius 2 is 2.20 bits per heavy atom. The van der Waals surface area contributed by atoms with Gasteiger partial charge < -0.3 is 10.4 Å². The summed E-state index contributed by atoms with van der Waals surface area (Å²) in [5, 5.41) is 11.2.